The lowest BCUT2D eigenvalue weighted by Gasteiger charge is -2.18. The van der Waals surface area contributed by atoms with Crippen LogP contribution in [-0.2, 0) is 0 Å². The Bertz CT molecular complexity index is 997. The predicted octanol–water partition coefficient (Wildman–Crippen LogP) is 4.14. The maximum Gasteiger partial charge on any atom is 0.293 e. The van der Waals surface area contributed by atoms with Crippen molar-refractivity contribution in [1.82, 2.24) is 5.32 Å². The van der Waals surface area contributed by atoms with Gasteiger partial charge in [-0.1, -0.05) is 13.8 Å². The van der Waals surface area contributed by atoms with Crippen molar-refractivity contribution in [2.45, 2.75) is 33.6 Å². The molecule has 2 aromatic carbocycles. The molecule has 0 aromatic heterocycles. The Kier molecular flexibility index (Phi) is 6.89. The van der Waals surface area contributed by atoms with Crippen LogP contribution in [0.5, 0.6) is 0 Å². The third-order valence-corrected chi connectivity index (χ3v) is 5.29. The maximum atomic E-state index is 12.7. The zero-order valence-electron chi connectivity index (χ0n) is 18.1. The quantitative estimate of drug-likeness (QED) is 0.513. The van der Waals surface area contributed by atoms with Crippen LogP contribution in [0.1, 0.15) is 53.0 Å². The number of hydrogen-bond acceptors (Lipinski definition) is 5. The molecule has 2 N–H and O–H groups in total. The molecule has 8 nitrogen and oxygen atoms in total. The van der Waals surface area contributed by atoms with Crippen LogP contribution in [0.15, 0.2) is 36.4 Å². The second-order valence-corrected chi connectivity index (χ2v) is 8.24. The van der Waals surface area contributed by atoms with E-state index in [1.807, 2.05) is 18.7 Å². The van der Waals surface area contributed by atoms with Crippen molar-refractivity contribution >= 4 is 28.9 Å². The van der Waals surface area contributed by atoms with Gasteiger partial charge in [0.05, 0.1) is 4.92 Å². The summed E-state index contributed by atoms with van der Waals surface area (Å²) in [6.07, 6.45) is 2.01. The molecule has 8 heteroatoms. The fourth-order valence-electron chi connectivity index (χ4n) is 3.57. The van der Waals surface area contributed by atoms with Gasteiger partial charge in [0.15, 0.2) is 0 Å². The number of carbonyl (C=O) groups excluding carboxylic acids is 2. The Morgan fingerprint density at radius 3 is 2.32 bits per heavy atom. The summed E-state index contributed by atoms with van der Waals surface area (Å²) < 4.78 is 0. The molecule has 0 bridgehead atoms. The predicted molar refractivity (Wildman–Crippen MR) is 121 cm³/mol. The van der Waals surface area contributed by atoms with Gasteiger partial charge in [0.2, 0.25) is 0 Å². The van der Waals surface area contributed by atoms with Crippen molar-refractivity contribution < 1.29 is 14.5 Å². The van der Waals surface area contributed by atoms with Gasteiger partial charge in [0.25, 0.3) is 17.5 Å². The first-order valence-corrected chi connectivity index (χ1v) is 10.5. The molecule has 2 aromatic rings. The number of hydrogen-bond donors (Lipinski definition) is 2. The van der Waals surface area contributed by atoms with E-state index in [0.29, 0.717) is 29.4 Å². The minimum absolute atomic E-state index is 0.0663. The van der Waals surface area contributed by atoms with Gasteiger partial charge in [0.1, 0.15) is 5.69 Å². The number of benzene rings is 2. The minimum atomic E-state index is -0.444. The summed E-state index contributed by atoms with van der Waals surface area (Å²) in [6, 6.07) is 9.62. The van der Waals surface area contributed by atoms with E-state index in [9.17, 15) is 19.7 Å². The number of amides is 2. The van der Waals surface area contributed by atoms with Crippen LogP contribution in [0, 0.1) is 23.0 Å². The van der Waals surface area contributed by atoms with Gasteiger partial charge in [-0.05, 0) is 61.6 Å². The summed E-state index contributed by atoms with van der Waals surface area (Å²) in [5.41, 5.74) is 2.50. The van der Waals surface area contributed by atoms with Crippen LogP contribution in [-0.4, -0.2) is 36.4 Å². The van der Waals surface area contributed by atoms with Gasteiger partial charge in [-0.25, -0.2) is 0 Å². The lowest BCUT2D eigenvalue weighted by atomic mass is 10.1. The highest BCUT2D eigenvalue weighted by Gasteiger charge is 2.24. The first-order valence-electron chi connectivity index (χ1n) is 10.5. The lowest BCUT2D eigenvalue weighted by Crippen LogP contribution is -2.27. The van der Waals surface area contributed by atoms with Gasteiger partial charge in [-0.2, -0.15) is 0 Å². The maximum absolute atomic E-state index is 12.7. The van der Waals surface area contributed by atoms with E-state index in [4.69, 9.17) is 0 Å². The van der Waals surface area contributed by atoms with Crippen LogP contribution in [0.4, 0.5) is 17.1 Å². The van der Waals surface area contributed by atoms with Crippen molar-refractivity contribution in [1.29, 1.82) is 0 Å². The molecule has 0 radical (unpaired) electrons. The summed E-state index contributed by atoms with van der Waals surface area (Å²) in [5.74, 6) is -0.247. The molecule has 164 valence electrons. The Labute approximate surface area is 181 Å². The van der Waals surface area contributed by atoms with E-state index < -0.39 is 10.8 Å². The number of carbonyl (C=O) groups is 2. The number of rotatable bonds is 7. The standard InChI is InChI=1S/C23H28N4O4/c1-15(2)14-24-22(28)17-6-8-19(16(3)12-17)25-23(29)18-7-9-20(21(13-18)27(30)31)26-10-4-5-11-26/h6-9,12-13,15H,4-5,10-11,14H2,1-3H3,(H,24,28)(H,25,29). The van der Waals surface area contributed by atoms with Gasteiger partial charge < -0.3 is 15.5 Å². The van der Waals surface area contributed by atoms with Crippen LogP contribution in [0.25, 0.3) is 0 Å². The topological polar surface area (TPSA) is 105 Å². The van der Waals surface area contributed by atoms with Crippen molar-refractivity contribution in [2.75, 3.05) is 29.9 Å². The van der Waals surface area contributed by atoms with E-state index in [2.05, 4.69) is 10.6 Å². The van der Waals surface area contributed by atoms with Gasteiger partial charge in [0, 0.05) is 42.5 Å². The van der Waals surface area contributed by atoms with Gasteiger partial charge >= 0.3 is 0 Å². The summed E-state index contributed by atoms with van der Waals surface area (Å²) >= 11 is 0. The third-order valence-electron chi connectivity index (χ3n) is 5.29. The van der Waals surface area contributed by atoms with Crippen molar-refractivity contribution in [3.8, 4) is 0 Å². The Morgan fingerprint density at radius 2 is 1.71 bits per heavy atom. The van der Waals surface area contributed by atoms with Crippen molar-refractivity contribution in [3.63, 3.8) is 0 Å². The Hall–Kier alpha value is -3.42. The zero-order chi connectivity index (χ0) is 22.5. The molecule has 1 heterocycles. The molecule has 2 amide bonds. The molecule has 0 unspecified atom stereocenters. The van der Waals surface area contributed by atoms with Crippen molar-refractivity contribution in [3.05, 3.63) is 63.2 Å². The van der Waals surface area contributed by atoms with E-state index in [1.165, 1.54) is 6.07 Å². The molecule has 0 aliphatic carbocycles. The van der Waals surface area contributed by atoms with Crippen LogP contribution in [0.2, 0.25) is 0 Å². The van der Waals surface area contributed by atoms with E-state index in [1.54, 1.807) is 37.3 Å². The molecule has 0 saturated carbocycles. The van der Waals surface area contributed by atoms with Gasteiger partial charge in [-0.3, -0.25) is 19.7 Å². The van der Waals surface area contributed by atoms with Crippen LogP contribution < -0.4 is 15.5 Å². The highest BCUT2D eigenvalue weighted by Crippen LogP contribution is 2.32. The van der Waals surface area contributed by atoms with Crippen LogP contribution in [0.3, 0.4) is 0 Å². The summed E-state index contributed by atoms with van der Waals surface area (Å²) in [4.78, 5) is 38.1. The average Bonchev–Trinajstić information content (AvgIpc) is 3.27. The molecular formula is C23H28N4O4. The smallest absolute Gasteiger partial charge is 0.293 e. The summed E-state index contributed by atoms with van der Waals surface area (Å²) in [7, 11) is 0. The SMILES string of the molecule is Cc1cc(C(=O)NCC(C)C)ccc1NC(=O)c1ccc(N2CCCC2)c([N+](=O)[O-])c1. The van der Waals surface area contributed by atoms with Crippen LogP contribution >= 0.6 is 0 Å². The number of nitrogens with zero attached hydrogens (tertiary/aromatic N) is 2. The minimum Gasteiger partial charge on any atom is -0.366 e. The lowest BCUT2D eigenvalue weighted by molar-refractivity contribution is -0.384. The van der Waals surface area contributed by atoms with E-state index in [0.717, 1.165) is 31.5 Å². The molecule has 3 rings (SSSR count). The molecule has 1 saturated heterocycles. The average molecular weight is 425 g/mol. The molecule has 31 heavy (non-hydrogen) atoms. The highest BCUT2D eigenvalue weighted by molar-refractivity contribution is 6.06. The summed E-state index contributed by atoms with van der Waals surface area (Å²) in [6.45, 7) is 7.99. The first-order chi connectivity index (χ1) is 14.8. The normalized spacial score (nSPS) is 13.4. The molecular weight excluding hydrogens is 396 g/mol. The van der Waals surface area contributed by atoms with E-state index >= 15 is 0 Å². The van der Waals surface area contributed by atoms with E-state index in [-0.39, 0.29) is 17.2 Å². The highest BCUT2D eigenvalue weighted by atomic mass is 16.6. The molecule has 1 aliphatic heterocycles. The van der Waals surface area contributed by atoms with Gasteiger partial charge in [-0.15, -0.1) is 0 Å². The second-order valence-electron chi connectivity index (χ2n) is 8.24. The number of nitro groups is 1. The zero-order valence-corrected chi connectivity index (χ0v) is 18.1. The fraction of sp³-hybridized carbons (Fsp3) is 0.391. The number of nitro benzene ring substituents is 1. The Balaban J connectivity index is 1.76. The number of aryl methyl sites for hydroxylation is 1. The monoisotopic (exact) mass is 424 g/mol. The fourth-order valence-corrected chi connectivity index (χ4v) is 3.57. The molecule has 0 atom stereocenters. The van der Waals surface area contributed by atoms with Crippen molar-refractivity contribution in [2.24, 2.45) is 5.92 Å². The number of anilines is 2. The summed E-state index contributed by atoms with van der Waals surface area (Å²) in [5, 5.41) is 17.2. The molecule has 1 aliphatic rings. The molecule has 0 spiro atoms. The third kappa shape index (κ3) is 5.39. The largest absolute Gasteiger partial charge is 0.366 e. The Morgan fingerprint density at radius 1 is 1.06 bits per heavy atom. The second kappa shape index (κ2) is 9.59. The molecule has 1 fully saturated rings. The number of nitrogens with one attached hydrogen (secondary N) is 2. The first kappa shape index (κ1) is 22.3.